The van der Waals surface area contributed by atoms with Crippen molar-refractivity contribution in [2.75, 3.05) is 6.54 Å². The molecule has 0 saturated carbocycles. The van der Waals surface area contributed by atoms with E-state index in [2.05, 4.69) is 39.9 Å². The summed E-state index contributed by atoms with van der Waals surface area (Å²) in [5.74, 6) is 0.628. The lowest BCUT2D eigenvalue weighted by Gasteiger charge is -2.44. The van der Waals surface area contributed by atoms with E-state index in [0.717, 1.165) is 0 Å². The van der Waals surface area contributed by atoms with E-state index in [-0.39, 0.29) is 11.2 Å². The molecule has 2 unspecified atom stereocenters. The molecule has 2 aliphatic heterocycles. The molecule has 0 aromatic heterocycles. The van der Waals surface area contributed by atoms with Crippen LogP contribution < -0.4 is 5.32 Å². The SMILES string of the molecule is CCC1(C2CC(C)(C)OC2(C)C)CCCCCN1. The third kappa shape index (κ3) is 2.60. The molecule has 0 aromatic carbocycles. The van der Waals surface area contributed by atoms with Crippen molar-refractivity contribution in [1.82, 2.24) is 5.32 Å². The minimum atomic E-state index is -0.00312. The highest BCUT2D eigenvalue weighted by atomic mass is 16.5. The van der Waals surface area contributed by atoms with Gasteiger partial charge in [0.2, 0.25) is 0 Å². The molecule has 2 saturated heterocycles. The van der Waals surface area contributed by atoms with E-state index < -0.39 is 0 Å². The Morgan fingerprint density at radius 2 is 1.83 bits per heavy atom. The van der Waals surface area contributed by atoms with Gasteiger partial charge in [0.1, 0.15) is 0 Å². The molecule has 0 aromatic rings. The van der Waals surface area contributed by atoms with Gasteiger partial charge in [0.15, 0.2) is 0 Å². The molecule has 2 atom stereocenters. The zero-order chi connectivity index (χ0) is 13.4. The summed E-state index contributed by atoms with van der Waals surface area (Å²) in [6.45, 7) is 12.6. The smallest absolute Gasteiger partial charge is 0.0680 e. The topological polar surface area (TPSA) is 21.3 Å². The lowest BCUT2D eigenvalue weighted by Crippen LogP contribution is -2.55. The monoisotopic (exact) mass is 253 g/mol. The molecule has 2 heterocycles. The molecule has 2 rings (SSSR count). The number of hydrogen-bond acceptors (Lipinski definition) is 2. The van der Waals surface area contributed by atoms with Crippen molar-refractivity contribution in [1.29, 1.82) is 0 Å². The maximum atomic E-state index is 6.33. The number of hydrogen-bond donors (Lipinski definition) is 1. The molecular formula is C16H31NO. The van der Waals surface area contributed by atoms with Crippen LogP contribution >= 0.6 is 0 Å². The quantitative estimate of drug-likeness (QED) is 0.806. The van der Waals surface area contributed by atoms with Crippen LogP contribution in [-0.4, -0.2) is 23.3 Å². The van der Waals surface area contributed by atoms with E-state index in [1.807, 2.05) is 0 Å². The Bertz CT molecular complexity index is 287. The van der Waals surface area contributed by atoms with Crippen molar-refractivity contribution in [2.24, 2.45) is 5.92 Å². The molecule has 106 valence electrons. The molecule has 0 aliphatic carbocycles. The van der Waals surface area contributed by atoms with Crippen molar-refractivity contribution < 1.29 is 4.74 Å². The molecule has 0 bridgehead atoms. The van der Waals surface area contributed by atoms with Crippen LogP contribution in [0.5, 0.6) is 0 Å². The standard InChI is InChI=1S/C16H31NO/c1-6-16(10-8-7-9-11-17-16)13-12-14(2,3)18-15(13,4)5/h13,17H,6-12H2,1-5H3. The predicted octanol–water partition coefficient (Wildman–Crippen LogP) is 3.89. The summed E-state index contributed by atoms with van der Waals surface area (Å²) >= 11 is 0. The predicted molar refractivity (Wildman–Crippen MR) is 76.8 cm³/mol. The molecule has 2 aliphatic rings. The van der Waals surface area contributed by atoms with E-state index in [4.69, 9.17) is 4.74 Å². The Hall–Kier alpha value is -0.0800. The third-order valence-corrected chi connectivity index (χ3v) is 5.15. The van der Waals surface area contributed by atoms with Crippen molar-refractivity contribution in [3.63, 3.8) is 0 Å². The van der Waals surface area contributed by atoms with Gasteiger partial charge >= 0.3 is 0 Å². The summed E-state index contributed by atoms with van der Waals surface area (Å²) in [7, 11) is 0. The summed E-state index contributed by atoms with van der Waals surface area (Å²) in [4.78, 5) is 0. The van der Waals surface area contributed by atoms with E-state index in [0.29, 0.717) is 11.5 Å². The number of rotatable bonds is 2. The molecule has 0 amide bonds. The highest BCUT2D eigenvalue weighted by molar-refractivity contribution is 5.07. The average Bonchev–Trinajstić information content (AvgIpc) is 2.46. The van der Waals surface area contributed by atoms with Crippen LogP contribution in [-0.2, 0) is 4.74 Å². The lowest BCUT2D eigenvalue weighted by molar-refractivity contribution is -0.0850. The van der Waals surface area contributed by atoms with Gasteiger partial charge in [0, 0.05) is 11.5 Å². The fraction of sp³-hybridized carbons (Fsp3) is 1.00. The zero-order valence-corrected chi connectivity index (χ0v) is 12.9. The maximum absolute atomic E-state index is 6.33. The first kappa shape index (κ1) is 14.3. The minimum absolute atomic E-state index is 0.00312. The Morgan fingerprint density at radius 1 is 1.11 bits per heavy atom. The van der Waals surface area contributed by atoms with Gasteiger partial charge in [-0.1, -0.05) is 19.8 Å². The average molecular weight is 253 g/mol. The van der Waals surface area contributed by atoms with Gasteiger partial charge in [-0.2, -0.15) is 0 Å². The highest BCUT2D eigenvalue weighted by Crippen LogP contribution is 2.49. The summed E-state index contributed by atoms with van der Waals surface area (Å²) in [5, 5.41) is 3.90. The van der Waals surface area contributed by atoms with Crippen molar-refractivity contribution >= 4 is 0 Å². The van der Waals surface area contributed by atoms with Gasteiger partial charge in [-0.15, -0.1) is 0 Å². The highest BCUT2D eigenvalue weighted by Gasteiger charge is 2.54. The number of ether oxygens (including phenoxy) is 1. The largest absolute Gasteiger partial charge is 0.369 e. The summed E-state index contributed by atoms with van der Waals surface area (Å²) < 4.78 is 6.33. The Kier molecular flexibility index (Phi) is 3.81. The Morgan fingerprint density at radius 3 is 2.39 bits per heavy atom. The molecule has 1 N–H and O–H groups in total. The lowest BCUT2D eigenvalue weighted by atomic mass is 9.69. The molecule has 0 spiro atoms. The van der Waals surface area contributed by atoms with E-state index in [1.165, 1.54) is 45.1 Å². The van der Waals surface area contributed by atoms with Crippen LogP contribution in [0, 0.1) is 5.92 Å². The first-order chi connectivity index (χ1) is 8.31. The van der Waals surface area contributed by atoms with Crippen LogP contribution in [0.2, 0.25) is 0 Å². The van der Waals surface area contributed by atoms with Crippen LogP contribution in [0.15, 0.2) is 0 Å². The van der Waals surface area contributed by atoms with Crippen LogP contribution in [0.4, 0.5) is 0 Å². The third-order valence-electron chi connectivity index (χ3n) is 5.15. The molecule has 2 heteroatoms. The van der Waals surface area contributed by atoms with Crippen molar-refractivity contribution in [2.45, 2.75) is 89.9 Å². The van der Waals surface area contributed by atoms with Crippen LogP contribution in [0.25, 0.3) is 0 Å². The molecule has 18 heavy (non-hydrogen) atoms. The summed E-state index contributed by atoms with van der Waals surface area (Å²) in [6.07, 6.45) is 7.80. The Labute approximate surface area is 113 Å². The Balaban J connectivity index is 2.26. The molecule has 2 nitrogen and oxygen atoms in total. The minimum Gasteiger partial charge on any atom is -0.369 e. The van der Waals surface area contributed by atoms with E-state index in [1.54, 1.807) is 0 Å². The van der Waals surface area contributed by atoms with E-state index >= 15 is 0 Å². The molecular weight excluding hydrogens is 222 g/mol. The second-order valence-electron chi connectivity index (χ2n) is 7.47. The van der Waals surface area contributed by atoms with Crippen LogP contribution in [0.1, 0.15) is 73.1 Å². The van der Waals surface area contributed by atoms with Gasteiger partial charge in [0.05, 0.1) is 11.2 Å². The van der Waals surface area contributed by atoms with Gasteiger partial charge in [0.25, 0.3) is 0 Å². The van der Waals surface area contributed by atoms with Gasteiger partial charge in [-0.25, -0.2) is 0 Å². The molecule has 2 fully saturated rings. The van der Waals surface area contributed by atoms with Crippen LogP contribution in [0.3, 0.4) is 0 Å². The van der Waals surface area contributed by atoms with Gasteiger partial charge in [-0.05, 0) is 59.9 Å². The summed E-state index contributed by atoms with van der Waals surface area (Å²) in [5.41, 5.74) is 0.328. The van der Waals surface area contributed by atoms with Crippen molar-refractivity contribution in [3.05, 3.63) is 0 Å². The maximum Gasteiger partial charge on any atom is 0.0680 e. The first-order valence-electron chi connectivity index (χ1n) is 7.77. The van der Waals surface area contributed by atoms with Crippen molar-refractivity contribution in [3.8, 4) is 0 Å². The fourth-order valence-corrected chi connectivity index (χ4v) is 4.44. The molecule has 0 radical (unpaired) electrons. The second kappa shape index (κ2) is 4.79. The fourth-order valence-electron chi connectivity index (χ4n) is 4.44. The normalized spacial score (nSPS) is 39.5. The van der Waals surface area contributed by atoms with E-state index in [9.17, 15) is 0 Å². The summed E-state index contributed by atoms with van der Waals surface area (Å²) in [6, 6.07) is 0. The first-order valence-corrected chi connectivity index (χ1v) is 7.77. The van der Waals surface area contributed by atoms with Gasteiger partial charge < -0.3 is 10.1 Å². The second-order valence-corrected chi connectivity index (χ2v) is 7.47. The van der Waals surface area contributed by atoms with Gasteiger partial charge in [-0.3, -0.25) is 0 Å². The zero-order valence-electron chi connectivity index (χ0n) is 12.9. The number of nitrogens with one attached hydrogen (secondary N) is 1.